The highest BCUT2D eigenvalue weighted by molar-refractivity contribution is 7.80. The SMILES string of the molecule is COC(=O)c1c(NC(=S)Nc2cc(Cl)ccc2Cl)sc(C(=O)N(C)C)c1C. The maximum atomic E-state index is 12.4. The topological polar surface area (TPSA) is 70.7 Å². The average Bonchev–Trinajstić information content (AvgIpc) is 2.92. The zero-order chi connectivity index (χ0) is 20.3. The van der Waals surface area contributed by atoms with Crippen molar-refractivity contribution in [3.63, 3.8) is 0 Å². The van der Waals surface area contributed by atoms with Crippen LogP contribution < -0.4 is 10.6 Å². The fourth-order valence-corrected chi connectivity index (χ4v) is 4.04. The first kappa shape index (κ1) is 21.4. The first-order valence-corrected chi connectivity index (χ1v) is 9.60. The summed E-state index contributed by atoms with van der Waals surface area (Å²) in [5.74, 6) is -0.778. The second-order valence-corrected chi connectivity index (χ2v) is 7.93. The average molecular weight is 446 g/mol. The number of esters is 1. The van der Waals surface area contributed by atoms with E-state index >= 15 is 0 Å². The van der Waals surface area contributed by atoms with Gasteiger partial charge in [0.2, 0.25) is 0 Å². The Bertz CT molecular complexity index is 913. The molecule has 0 fully saturated rings. The van der Waals surface area contributed by atoms with Crippen LogP contribution in [0.15, 0.2) is 18.2 Å². The zero-order valence-corrected chi connectivity index (χ0v) is 18.1. The van der Waals surface area contributed by atoms with Gasteiger partial charge in [-0.15, -0.1) is 11.3 Å². The molecule has 2 aromatic rings. The van der Waals surface area contributed by atoms with Crippen molar-refractivity contribution in [2.75, 3.05) is 31.8 Å². The molecule has 2 N–H and O–H groups in total. The minimum absolute atomic E-state index is 0.189. The number of halogens is 2. The lowest BCUT2D eigenvalue weighted by Gasteiger charge is -2.12. The number of hydrogen-bond donors (Lipinski definition) is 2. The molecule has 27 heavy (non-hydrogen) atoms. The van der Waals surface area contributed by atoms with E-state index in [1.807, 2.05) is 0 Å². The molecule has 0 aliphatic rings. The van der Waals surface area contributed by atoms with Gasteiger partial charge in [0, 0.05) is 19.1 Å². The summed E-state index contributed by atoms with van der Waals surface area (Å²) in [6.07, 6.45) is 0. The third-order valence-corrected chi connectivity index (χ3v) is 5.50. The lowest BCUT2D eigenvalue weighted by Crippen LogP contribution is -2.21. The van der Waals surface area contributed by atoms with E-state index in [0.717, 1.165) is 11.3 Å². The molecule has 0 atom stereocenters. The Labute approximate surface area is 176 Å². The number of thiophene rings is 1. The number of rotatable bonds is 4. The molecular formula is C17H17Cl2N3O3S2. The van der Waals surface area contributed by atoms with Crippen molar-refractivity contribution in [3.8, 4) is 0 Å². The Kier molecular flexibility index (Phi) is 7.05. The highest BCUT2D eigenvalue weighted by Gasteiger charge is 2.26. The fourth-order valence-electron chi connectivity index (χ4n) is 2.21. The number of methoxy groups -OCH3 is 1. The monoisotopic (exact) mass is 445 g/mol. The van der Waals surface area contributed by atoms with Gasteiger partial charge in [-0.3, -0.25) is 4.79 Å². The molecule has 6 nitrogen and oxygen atoms in total. The van der Waals surface area contributed by atoms with Crippen LogP contribution in [0.3, 0.4) is 0 Å². The Hall–Kier alpha value is -1.87. The highest BCUT2D eigenvalue weighted by atomic mass is 35.5. The van der Waals surface area contributed by atoms with Gasteiger partial charge >= 0.3 is 5.97 Å². The summed E-state index contributed by atoms with van der Waals surface area (Å²) in [6, 6.07) is 4.92. The number of hydrogen-bond acceptors (Lipinski definition) is 5. The standard InChI is InChI=1S/C17H17Cl2N3O3S2/c1-8-12(16(24)25-4)14(27-13(8)15(23)22(2)3)21-17(26)20-11-7-9(18)5-6-10(11)19/h5-7H,1-4H3,(H2,20,21,26). The summed E-state index contributed by atoms with van der Waals surface area (Å²) in [7, 11) is 4.55. The fraction of sp³-hybridized carbons (Fsp3) is 0.235. The molecule has 1 aromatic heterocycles. The van der Waals surface area contributed by atoms with Crippen LogP contribution in [0.1, 0.15) is 25.6 Å². The van der Waals surface area contributed by atoms with Gasteiger partial charge in [0.15, 0.2) is 5.11 Å². The minimum Gasteiger partial charge on any atom is -0.465 e. The summed E-state index contributed by atoms with van der Waals surface area (Å²) in [5.41, 5.74) is 1.30. The van der Waals surface area contributed by atoms with Gasteiger partial charge in [0.25, 0.3) is 5.91 Å². The molecule has 144 valence electrons. The number of nitrogens with one attached hydrogen (secondary N) is 2. The number of amides is 1. The number of nitrogens with zero attached hydrogens (tertiary/aromatic N) is 1. The molecule has 10 heteroatoms. The van der Waals surface area contributed by atoms with E-state index in [2.05, 4.69) is 10.6 Å². The lowest BCUT2D eigenvalue weighted by atomic mass is 10.1. The first-order valence-electron chi connectivity index (χ1n) is 7.62. The van der Waals surface area contributed by atoms with Crippen molar-refractivity contribution in [1.82, 2.24) is 4.90 Å². The van der Waals surface area contributed by atoms with E-state index in [-0.39, 0.29) is 16.6 Å². The van der Waals surface area contributed by atoms with Crippen LogP contribution in [0, 0.1) is 6.92 Å². The number of carbonyl (C=O) groups is 2. The van der Waals surface area contributed by atoms with Crippen molar-refractivity contribution in [3.05, 3.63) is 44.2 Å². The minimum atomic E-state index is -0.562. The van der Waals surface area contributed by atoms with Crippen molar-refractivity contribution >= 4 is 74.4 Å². The van der Waals surface area contributed by atoms with Crippen molar-refractivity contribution in [2.24, 2.45) is 0 Å². The van der Waals surface area contributed by atoms with E-state index in [4.69, 9.17) is 40.2 Å². The normalized spacial score (nSPS) is 10.3. The van der Waals surface area contributed by atoms with E-state index in [0.29, 0.717) is 31.2 Å². The van der Waals surface area contributed by atoms with Gasteiger partial charge in [0.1, 0.15) is 5.00 Å². The quantitative estimate of drug-likeness (QED) is 0.526. The summed E-state index contributed by atoms with van der Waals surface area (Å²) >= 11 is 18.5. The second kappa shape index (κ2) is 8.88. The zero-order valence-electron chi connectivity index (χ0n) is 15.0. The predicted octanol–water partition coefficient (Wildman–Crippen LogP) is 4.66. The molecule has 0 aliphatic heterocycles. The second-order valence-electron chi connectivity index (χ2n) is 5.65. The van der Waals surface area contributed by atoms with Gasteiger partial charge in [-0.25, -0.2) is 4.79 Å². The molecule has 1 amide bonds. The van der Waals surface area contributed by atoms with Crippen molar-refractivity contribution in [2.45, 2.75) is 6.92 Å². The van der Waals surface area contributed by atoms with Crippen LogP contribution in [0.2, 0.25) is 10.0 Å². The molecule has 0 saturated carbocycles. The molecule has 0 aliphatic carbocycles. The van der Waals surface area contributed by atoms with Crippen LogP contribution in [0.5, 0.6) is 0 Å². The van der Waals surface area contributed by atoms with E-state index in [9.17, 15) is 9.59 Å². The molecule has 0 radical (unpaired) electrons. The molecule has 0 spiro atoms. The molecule has 2 rings (SSSR count). The molecule has 0 bridgehead atoms. The third-order valence-electron chi connectivity index (χ3n) is 3.54. The number of anilines is 2. The summed E-state index contributed by atoms with van der Waals surface area (Å²) in [5, 5.41) is 7.39. The Balaban J connectivity index is 2.35. The van der Waals surface area contributed by atoms with E-state index in [1.54, 1.807) is 39.2 Å². The molecule has 0 unspecified atom stereocenters. The van der Waals surface area contributed by atoms with E-state index < -0.39 is 5.97 Å². The smallest absolute Gasteiger partial charge is 0.341 e. The molecule has 0 saturated heterocycles. The van der Waals surface area contributed by atoms with Crippen LogP contribution in [-0.4, -0.2) is 43.1 Å². The van der Waals surface area contributed by atoms with Crippen LogP contribution in [0.4, 0.5) is 10.7 Å². The van der Waals surface area contributed by atoms with Crippen LogP contribution >= 0.6 is 46.8 Å². The molecule has 1 aromatic carbocycles. The van der Waals surface area contributed by atoms with Crippen LogP contribution in [0.25, 0.3) is 0 Å². The maximum Gasteiger partial charge on any atom is 0.341 e. The van der Waals surface area contributed by atoms with Crippen LogP contribution in [-0.2, 0) is 4.74 Å². The number of carbonyl (C=O) groups excluding carboxylic acids is 2. The Morgan fingerprint density at radius 3 is 2.48 bits per heavy atom. The molecule has 1 heterocycles. The lowest BCUT2D eigenvalue weighted by molar-refractivity contribution is 0.0601. The first-order chi connectivity index (χ1) is 12.6. The largest absolute Gasteiger partial charge is 0.465 e. The summed E-state index contributed by atoms with van der Waals surface area (Å²) < 4.78 is 4.85. The maximum absolute atomic E-state index is 12.4. The summed E-state index contributed by atoms with van der Waals surface area (Å²) in [6.45, 7) is 1.69. The number of thiocarbonyl (C=S) groups is 1. The van der Waals surface area contributed by atoms with Crippen molar-refractivity contribution < 1.29 is 14.3 Å². The van der Waals surface area contributed by atoms with E-state index in [1.165, 1.54) is 12.0 Å². The predicted molar refractivity (Wildman–Crippen MR) is 115 cm³/mol. The van der Waals surface area contributed by atoms with Gasteiger partial charge in [0.05, 0.1) is 28.3 Å². The summed E-state index contributed by atoms with van der Waals surface area (Å²) in [4.78, 5) is 26.5. The Morgan fingerprint density at radius 2 is 1.89 bits per heavy atom. The number of benzene rings is 1. The van der Waals surface area contributed by atoms with Gasteiger partial charge in [-0.1, -0.05) is 23.2 Å². The van der Waals surface area contributed by atoms with Gasteiger partial charge in [-0.2, -0.15) is 0 Å². The van der Waals surface area contributed by atoms with Crippen molar-refractivity contribution in [1.29, 1.82) is 0 Å². The Morgan fingerprint density at radius 1 is 1.22 bits per heavy atom. The molecular weight excluding hydrogens is 429 g/mol. The third kappa shape index (κ3) is 4.90. The highest BCUT2D eigenvalue weighted by Crippen LogP contribution is 2.34. The number of ether oxygens (including phenoxy) is 1. The van der Waals surface area contributed by atoms with Gasteiger partial charge in [-0.05, 0) is 42.9 Å². The van der Waals surface area contributed by atoms with Gasteiger partial charge < -0.3 is 20.3 Å².